The summed E-state index contributed by atoms with van der Waals surface area (Å²) < 4.78 is 14.2. The summed E-state index contributed by atoms with van der Waals surface area (Å²) in [5, 5.41) is 0. The van der Waals surface area contributed by atoms with E-state index in [4.69, 9.17) is 14.5 Å². The minimum atomic E-state index is 0.0180. The van der Waals surface area contributed by atoms with Gasteiger partial charge in [0.05, 0.1) is 58.8 Å². The first-order chi connectivity index (χ1) is 18.0. The van der Waals surface area contributed by atoms with Gasteiger partial charge in [0.15, 0.2) is 5.82 Å². The van der Waals surface area contributed by atoms with E-state index in [0.29, 0.717) is 38.5 Å². The number of carbonyl (C=O) groups is 1. The number of aromatic amines is 1. The van der Waals surface area contributed by atoms with Crippen molar-refractivity contribution in [2.75, 3.05) is 33.5 Å². The first-order valence-corrected chi connectivity index (χ1v) is 13.2. The van der Waals surface area contributed by atoms with Gasteiger partial charge in [0.1, 0.15) is 11.5 Å². The molecule has 190 valence electrons. The minimum absolute atomic E-state index is 0.0180. The Bertz CT molecular complexity index is 1600. The largest absolute Gasteiger partial charge is 0.383 e. The molecule has 10 heteroatoms. The van der Waals surface area contributed by atoms with Gasteiger partial charge in [-0.05, 0) is 49.7 Å². The van der Waals surface area contributed by atoms with Crippen LogP contribution in [0, 0.1) is 6.92 Å². The molecule has 0 bridgehead atoms. The highest BCUT2D eigenvalue weighted by Gasteiger charge is 2.27. The number of H-pyrrole nitrogens is 1. The van der Waals surface area contributed by atoms with Crippen molar-refractivity contribution in [3.63, 3.8) is 0 Å². The number of thiazole rings is 1. The number of aromatic nitrogens is 5. The van der Waals surface area contributed by atoms with Crippen LogP contribution in [0.25, 0.3) is 44.2 Å². The zero-order valence-electron chi connectivity index (χ0n) is 21.0. The Hall–Kier alpha value is -3.60. The predicted octanol–water partition coefficient (Wildman–Crippen LogP) is 4.52. The number of benzene rings is 2. The van der Waals surface area contributed by atoms with Crippen LogP contribution in [0.5, 0.6) is 0 Å². The lowest BCUT2D eigenvalue weighted by Crippen LogP contribution is -2.47. The van der Waals surface area contributed by atoms with Gasteiger partial charge in [-0.15, -0.1) is 11.3 Å². The van der Waals surface area contributed by atoms with Gasteiger partial charge in [-0.1, -0.05) is 0 Å². The number of nitrogens with one attached hydrogen (secondary N) is 1. The quantitative estimate of drug-likeness (QED) is 0.356. The number of hydrogen-bond donors (Lipinski definition) is 1. The number of aryl methyl sites for hydroxylation is 1. The van der Waals surface area contributed by atoms with E-state index in [-0.39, 0.29) is 11.9 Å². The second-order valence-corrected chi connectivity index (χ2v) is 10.2. The third-order valence-electron chi connectivity index (χ3n) is 6.89. The second-order valence-electron chi connectivity index (χ2n) is 9.34. The zero-order valence-corrected chi connectivity index (χ0v) is 21.8. The Labute approximate surface area is 218 Å². The summed E-state index contributed by atoms with van der Waals surface area (Å²) in [5.74, 6) is 1.53. The van der Waals surface area contributed by atoms with Crippen molar-refractivity contribution in [1.29, 1.82) is 0 Å². The Balaban J connectivity index is 1.41. The van der Waals surface area contributed by atoms with Gasteiger partial charge in [-0.2, -0.15) is 0 Å². The Kier molecular flexibility index (Phi) is 6.23. The zero-order chi connectivity index (χ0) is 25.5. The molecule has 1 saturated heterocycles. The molecule has 1 N–H and O–H groups in total. The normalized spacial score (nSPS) is 16.2. The predicted molar refractivity (Wildman–Crippen MR) is 144 cm³/mol. The maximum atomic E-state index is 13.4. The van der Waals surface area contributed by atoms with Gasteiger partial charge in [-0.25, -0.2) is 15.0 Å². The van der Waals surface area contributed by atoms with Crippen LogP contribution in [0.1, 0.15) is 22.8 Å². The van der Waals surface area contributed by atoms with Crippen LogP contribution >= 0.6 is 11.3 Å². The summed E-state index contributed by atoms with van der Waals surface area (Å²) in [4.78, 5) is 32.8. The fourth-order valence-electron chi connectivity index (χ4n) is 4.89. The molecule has 0 aliphatic carbocycles. The molecule has 37 heavy (non-hydrogen) atoms. The molecule has 1 aliphatic rings. The number of imidazole rings is 2. The number of ether oxygens (including phenoxy) is 2. The van der Waals surface area contributed by atoms with E-state index in [1.54, 1.807) is 24.6 Å². The highest BCUT2D eigenvalue weighted by Crippen LogP contribution is 2.30. The summed E-state index contributed by atoms with van der Waals surface area (Å²) in [6, 6.07) is 10.1. The van der Waals surface area contributed by atoms with E-state index in [9.17, 15) is 4.79 Å². The minimum Gasteiger partial charge on any atom is -0.383 e. The maximum Gasteiger partial charge on any atom is 0.254 e. The number of fused-ring (bicyclic) bond motifs is 2. The van der Waals surface area contributed by atoms with Crippen LogP contribution in [-0.4, -0.2) is 74.8 Å². The van der Waals surface area contributed by atoms with Crippen molar-refractivity contribution in [1.82, 2.24) is 29.4 Å². The molecule has 3 aromatic heterocycles. The van der Waals surface area contributed by atoms with Crippen LogP contribution in [0.2, 0.25) is 0 Å². The van der Waals surface area contributed by atoms with E-state index < -0.39 is 0 Å². The summed E-state index contributed by atoms with van der Waals surface area (Å²) in [6.07, 6.45) is 1.80. The van der Waals surface area contributed by atoms with Crippen molar-refractivity contribution in [2.45, 2.75) is 26.4 Å². The van der Waals surface area contributed by atoms with E-state index in [2.05, 4.69) is 25.6 Å². The molecule has 6 rings (SSSR count). The lowest BCUT2D eigenvalue weighted by molar-refractivity contribution is 0.00356. The third-order valence-corrected chi connectivity index (χ3v) is 7.70. The van der Waals surface area contributed by atoms with Crippen molar-refractivity contribution in [3.05, 3.63) is 53.2 Å². The van der Waals surface area contributed by atoms with Gasteiger partial charge in [0.25, 0.3) is 5.91 Å². The number of nitrogens with zero attached hydrogens (tertiary/aromatic N) is 5. The molecule has 0 radical (unpaired) electrons. The number of morpholine rings is 1. The van der Waals surface area contributed by atoms with E-state index in [1.165, 1.54) is 0 Å². The molecule has 0 spiro atoms. The number of rotatable bonds is 6. The Morgan fingerprint density at radius 2 is 2.14 bits per heavy atom. The van der Waals surface area contributed by atoms with Gasteiger partial charge < -0.3 is 23.9 Å². The smallest absolute Gasteiger partial charge is 0.254 e. The average Bonchev–Trinajstić information content (AvgIpc) is 3.65. The topological polar surface area (TPSA) is 98.2 Å². The Morgan fingerprint density at radius 3 is 2.97 bits per heavy atom. The van der Waals surface area contributed by atoms with E-state index in [0.717, 1.165) is 49.7 Å². The second kappa shape index (κ2) is 9.70. The highest BCUT2D eigenvalue weighted by atomic mass is 32.1. The molecule has 1 aliphatic heterocycles. The van der Waals surface area contributed by atoms with E-state index in [1.807, 2.05) is 48.5 Å². The molecular weight excluding hydrogens is 488 g/mol. The molecular formula is C27H28N6O3S. The molecule has 4 heterocycles. The molecule has 1 fully saturated rings. The van der Waals surface area contributed by atoms with Crippen LogP contribution in [0.4, 0.5) is 0 Å². The summed E-state index contributed by atoms with van der Waals surface area (Å²) >= 11 is 1.62. The molecule has 1 atom stereocenters. The fraction of sp³-hybridized carbons (Fsp3) is 0.333. The van der Waals surface area contributed by atoms with Gasteiger partial charge in [0.2, 0.25) is 0 Å². The lowest BCUT2D eigenvalue weighted by Gasteiger charge is -2.33. The standard InChI is InChI=1S/C27H28N6O3S/c1-16-10-23-20(12-19(16)27(34)32-7-9-36-14-17(32)2)31-26(33(23)6-8-35-3)22-13-28-25(30-22)18-4-5-24-21(11-18)29-15-37-24/h4-5,10-13,15,17H,6-9,14H2,1-3H3,(H,28,30)/t17-/m1/s1. The van der Waals surface area contributed by atoms with Crippen molar-refractivity contribution in [3.8, 4) is 22.9 Å². The first-order valence-electron chi connectivity index (χ1n) is 12.3. The number of hydrogen-bond acceptors (Lipinski definition) is 7. The van der Waals surface area contributed by atoms with Crippen LogP contribution < -0.4 is 0 Å². The van der Waals surface area contributed by atoms with Crippen molar-refractivity contribution >= 4 is 38.5 Å². The van der Waals surface area contributed by atoms with Crippen molar-refractivity contribution < 1.29 is 14.3 Å². The number of amides is 1. The monoisotopic (exact) mass is 516 g/mol. The fourth-order valence-corrected chi connectivity index (χ4v) is 5.55. The van der Waals surface area contributed by atoms with Gasteiger partial charge in [0, 0.05) is 31.3 Å². The highest BCUT2D eigenvalue weighted by molar-refractivity contribution is 7.16. The van der Waals surface area contributed by atoms with Gasteiger partial charge >= 0.3 is 0 Å². The van der Waals surface area contributed by atoms with Gasteiger partial charge in [-0.3, -0.25) is 4.79 Å². The van der Waals surface area contributed by atoms with Crippen LogP contribution in [0.3, 0.4) is 0 Å². The first kappa shape index (κ1) is 23.8. The molecule has 2 aromatic carbocycles. The van der Waals surface area contributed by atoms with E-state index >= 15 is 0 Å². The molecule has 9 nitrogen and oxygen atoms in total. The average molecular weight is 517 g/mol. The Morgan fingerprint density at radius 1 is 1.24 bits per heavy atom. The molecule has 0 unspecified atom stereocenters. The van der Waals surface area contributed by atoms with Crippen LogP contribution in [0.15, 0.2) is 42.0 Å². The summed E-state index contributed by atoms with van der Waals surface area (Å²) in [5.41, 5.74) is 7.88. The summed E-state index contributed by atoms with van der Waals surface area (Å²) in [6.45, 7) is 6.86. The lowest BCUT2D eigenvalue weighted by atomic mass is 10.0. The number of methoxy groups -OCH3 is 1. The SMILES string of the molecule is COCCn1c(-c2cnc(-c3ccc4scnc4c3)[nH]2)nc2cc(C(=O)N3CCOC[C@H]3C)c(C)cc21. The number of carbonyl (C=O) groups excluding carboxylic acids is 1. The third kappa shape index (κ3) is 4.30. The van der Waals surface area contributed by atoms with Crippen LogP contribution in [-0.2, 0) is 16.0 Å². The molecule has 0 saturated carbocycles. The molecule has 1 amide bonds. The molecule has 5 aromatic rings. The summed E-state index contributed by atoms with van der Waals surface area (Å²) in [7, 11) is 1.69. The van der Waals surface area contributed by atoms with Crippen molar-refractivity contribution in [2.24, 2.45) is 0 Å². The maximum absolute atomic E-state index is 13.4.